The molecule has 1 nitrogen and oxygen atoms in total. The van der Waals surface area contributed by atoms with Crippen LogP contribution in [-0.4, -0.2) is 31.2 Å². The molecule has 0 saturated carbocycles. The van der Waals surface area contributed by atoms with Gasteiger partial charge in [-0.2, -0.15) is 0 Å². The van der Waals surface area contributed by atoms with Gasteiger partial charge in [-0.1, -0.05) is 67.6 Å². The highest BCUT2D eigenvalue weighted by Crippen LogP contribution is 2.41. The van der Waals surface area contributed by atoms with Crippen LogP contribution in [0.5, 0.6) is 0 Å². The highest BCUT2D eigenvalue weighted by atomic mass is 19.1. The molecule has 3 aromatic carbocycles. The van der Waals surface area contributed by atoms with Gasteiger partial charge in [-0.25, -0.2) is 4.39 Å². The molecule has 1 heterocycles. The lowest BCUT2D eigenvalue weighted by atomic mass is 9.85. The summed E-state index contributed by atoms with van der Waals surface area (Å²) < 4.78 is 26.5. The third kappa shape index (κ3) is 5.16. The lowest BCUT2D eigenvalue weighted by molar-refractivity contribution is 0.239. The number of likely N-dealkylation sites (tertiary alicyclic amines) is 1. The van der Waals surface area contributed by atoms with E-state index in [1.165, 1.54) is 44.5 Å². The summed E-state index contributed by atoms with van der Waals surface area (Å²) in [4.78, 5) is 2.29. The molecule has 0 unspecified atom stereocenters. The van der Waals surface area contributed by atoms with Gasteiger partial charge in [-0.15, -0.1) is 0 Å². The predicted octanol–water partition coefficient (Wildman–Crippen LogP) is 7.74. The normalized spacial score (nSPS) is 16.0. The number of allylic oxidation sites excluding steroid dienone is 1. The summed E-state index contributed by atoms with van der Waals surface area (Å²) in [5.74, 6) is -0.168. The van der Waals surface area contributed by atoms with E-state index in [0.29, 0.717) is 6.42 Å². The zero-order valence-corrected chi connectivity index (χ0v) is 20.5. The van der Waals surface area contributed by atoms with Crippen LogP contribution in [0.4, 0.5) is 8.78 Å². The van der Waals surface area contributed by atoms with Crippen molar-refractivity contribution in [2.45, 2.75) is 39.0 Å². The van der Waals surface area contributed by atoms with Crippen LogP contribution in [0.1, 0.15) is 59.6 Å². The van der Waals surface area contributed by atoms with E-state index in [1.54, 1.807) is 12.1 Å². The SMILES string of the molecule is CCc1cc(F)ccc1C1=C(c2ccc(C=C3CN(CCCF)C3)cc2)c2ccccc2CCC1. The van der Waals surface area contributed by atoms with E-state index in [-0.39, 0.29) is 12.5 Å². The van der Waals surface area contributed by atoms with E-state index >= 15 is 0 Å². The molecular formula is C32H33F2N. The molecule has 180 valence electrons. The fourth-order valence-corrected chi connectivity index (χ4v) is 5.52. The number of fused-ring (bicyclic) bond motifs is 1. The third-order valence-corrected chi connectivity index (χ3v) is 7.27. The number of aryl methyl sites for hydroxylation is 2. The van der Waals surface area contributed by atoms with Crippen molar-refractivity contribution in [2.75, 3.05) is 26.3 Å². The maximum absolute atomic E-state index is 14.1. The second-order valence-electron chi connectivity index (χ2n) is 9.70. The molecule has 0 radical (unpaired) electrons. The van der Waals surface area contributed by atoms with Crippen LogP contribution in [0.15, 0.2) is 72.3 Å². The van der Waals surface area contributed by atoms with Gasteiger partial charge in [0.05, 0.1) is 6.67 Å². The van der Waals surface area contributed by atoms with Crippen LogP contribution in [0.25, 0.3) is 17.2 Å². The number of hydrogen-bond donors (Lipinski definition) is 0. The molecule has 3 heteroatoms. The maximum atomic E-state index is 14.1. The van der Waals surface area contributed by atoms with Gasteiger partial charge in [0.15, 0.2) is 0 Å². The van der Waals surface area contributed by atoms with E-state index in [2.05, 4.69) is 66.4 Å². The minimum Gasteiger partial charge on any atom is -0.295 e. The van der Waals surface area contributed by atoms with Crippen LogP contribution in [0.2, 0.25) is 0 Å². The van der Waals surface area contributed by atoms with Crippen molar-refractivity contribution < 1.29 is 8.78 Å². The summed E-state index contributed by atoms with van der Waals surface area (Å²) in [6.45, 7) is 4.58. The highest BCUT2D eigenvalue weighted by Gasteiger charge is 2.22. The fourth-order valence-electron chi connectivity index (χ4n) is 5.52. The van der Waals surface area contributed by atoms with Crippen molar-refractivity contribution in [3.63, 3.8) is 0 Å². The number of hydrogen-bond acceptors (Lipinski definition) is 1. The summed E-state index contributed by atoms with van der Waals surface area (Å²) in [5, 5.41) is 0. The smallest absolute Gasteiger partial charge is 0.123 e. The first kappa shape index (κ1) is 23.7. The Morgan fingerprint density at radius 1 is 0.914 bits per heavy atom. The van der Waals surface area contributed by atoms with Crippen LogP contribution in [0, 0.1) is 5.82 Å². The molecule has 0 aromatic heterocycles. The van der Waals surface area contributed by atoms with Gasteiger partial charge in [0.1, 0.15) is 5.82 Å². The molecule has 1 aliphatic carbocycles. The second-order valence-corrected chi connectivity index (χ2v) is 9.70. The van der Waals surface area contributed by atoms with Crippen LogP contribution < -0.4 is 0 Å². The molecule has 0 amide bonds. The van der Waals surface area contributed by atoms with Gasteiger partial charge in [-0.3, -0.25) is 9.29 Å². The Balaban J connectivity index is 1.53. The molecule has 0 N–H and O–H groups in total. The molecule has 0 bridgehead atoms. The Labute approximate surface area is 207 Å². The molecule has 0 atom stereocenters. The van der Waals surface area contributed by atoms with Crippen molar-refractivity contribution >= 4 is 17.2 Å². The average Bonchev–Trinajstić information content (AvgIpc) is 3.05. The standard InChI is InChI=1S/C32H33F2N/c1-2-25-20-28(34)15-16-29(25)31-10-5-8-26-7-3-4-9-30(26)32(31)27-13-11-23(12-14-27)19-24-21-35(22-24)18-6-17-33/h3-4,7,9,11-16,19-20H,2,5-6,8,10,17-18,21-22H2,1H3. The minimum absolute atomic E-state index is 0.168. The molecule has 1 fully saturated rings. The highest BCUT2D eigenvalue weighted by molar-refractivity contribution is 6.00. The predicted molar refractivity (Wildman–Crippen MR) is 143 cm³/mol. The number of halogens is 2. The van der Waals surface area contributed by atoms with Crippen molar-refractivity contribution in [3.05, 3.63) is 112 Å². The summed E-state index contributed by atoms with van der Waals surface area (Å²) >= 11 is 0. The first-order valence-corrected chi connectivity index (χ1v) is 12.8. The Kier molecular flexibility index (Phi) is 7.24. The summed E-state index contributed by atoms with van der Waals surface area (Å²) in [7, 11) is 0. The Bertz CT molecular complexity index is 1240. The van der Waals surface area contributed by atoms with E-state index in [1.807, 2.05) is 6.07 Å². The Morgan fingerprint density at radius 3 is 2.49 bits per heavy atom. The molecule has 3 aromatic rings. The van der Waals surface area contributed by atoms with Crippen molar-refractivity contribution in [2.24, 2.45) is 0 Å². The van der Waals surface area contributed by atoms with Gasteiger partial charge in [-0.05, 0) is 94.3 Å². The summed E-state index contributed by atoms with van der Waals surface area (Å²) in [6, 6.07) is 22.9. The van der Waals surface area contributed by atoms with E-state index in [4.69, 9.17) is 0 Å². The van der Waals surface area contributed by atoms with Gasteiger partial charge in [0.2, 0.25) is 0 Å². The van der Waals surface area contributed by atoms with Crippen molar-refractivity contribution in [3.8, 4) is 0 Å². The molecule has 0 spiro atoms. The monoisotopic (exact) mass is 469 g/mol. The van der Waals surface area contributed by atoms with Crippen molar-refractivity contribution in [1.82, 2.24) is 4.90 Å². The first-order chi connectivity index (χ1) is 17.2. The quantitative estimate of drug-likeness (QED) is 0.342. The lowest BCUT2D eigenvalue weighted by Crippen LogP contribution is -2.40. The Hall–Kier alpha value is -3.04. The van der Waals surface area contributed by atoms with E-state index < -0.39 is 0 Å². The number of nitrogens with zero attached hydrogens (tertiary/aromatic N) is 1. The van der Waals surface area contributed by atoms with Gasteiger partial charge in [0, 0.05) is 19.6 Å². The fraction of sp³-hybridized carbons (Fsp3) is 0.312. The van der Waals surface area contributed by atoms with E-state index in [0.717, 1.165) is 50.9 Å². The third-order valence-electron chi connectivity index (χ3n) is 7.27. The zero-order chi connectivity index (χ0) is 24.2. The first-order valence-electron chi connectivity index (χ1n) is 12.8. The van der Waals surface area contributed by atoms with E-state index in [9.17, 15) is 8.78 Å². The molecule has 35 heavy (non-hydrogen) atoms. The summed E-state index contributed by atoms with van der Waals surface area (Å²) in [6.07, 6.45) is 6.80. The Morgan fingerprint density at radius 2 is 1.71 bits per heavy atom. The molecular weight excluding hydrogens is 436 g/mol. The maximum Gasteiger partial charge on any atom is 0.123 e. The number of benzene rings is 3. The second kappa shape index (κ2) is 10.7. The van der Waals surface area contributed by atoms with Gasteiger partial charge >= 0.3 is 0 Å². The number of alkyl halides is 1. The van der Waals surface area contributed by atoms with Gasteiger partial charge < -0.3 is 0 Å². The molecule has 5 rings (SSSR count). The molecule has 1 saturated heterocycles. The number of rotatable bonds is 7. The van der Waals surface area contributed by atoms with Crippen molar-refractivity contribution in [1.29, 1.82) is 0 Å². The van der Waals surface area contributed by atoms with Crippen LogP contribution >= 0.6 is 0 Å². The largest absolute Gasteiger partial charge is 0.295 e. The van der Waals surface area contributed by atoms with Gasteiger partial charge in [0.25, 0.3) is 0 Å². The lowest BCUT2D eigenvalue weighted by Gasteiger charge is -2.33. The topological polar surface area (TPSA) is 3.24 Å². The zero-order valence-electron chi connectivity index (χ0n) is 20.5. The van der Waals surface area contributed by atoms with Crippen LogP contribution in [-0.2, 0) is 12.8 Å². The molecule has 1 aliphatic heterocycles. The minimum atomic E-state index is -0.240. The van der Waals surface area contributed by atoms with Crippen LogP contribution in [0.3, 0.4) is 0 Å². The average molecular weight is 470 g/mol. The molecule has 2 aliphatic rings. The summed E-state index contributed by atoms with van der Waals surface area (Å²) in [5.41, 5.74) is 11.3.